The molecule has 0 spiro atoms. The second-order valence-corrected chi connectivity index (χ2v) is 2.66. The van der Waals surface area contributed by atoms with Crippen LogP contribution in [0, 0.1) is 0 Å². The molecule has 5 nitrogen and oxygen atoms in total. The molecule has 0 radical (unpaired) electrons. The van der Waals surface area contributed by atoms with Crippen LogP contribution in [-0.2, 0) is 9.59 Å². The van der Waals surface area contributed by atoms with E-state index in [1.165, 1.54) is 0 Å². The lowest BCUT2D eigenvalue weighted by Gasteiger charge is -2.27. The molecule has 1 saturated heterocycles. The number of likely N-dealkylation sites (N-methyl/N-ethyl adjacent to an activating group) is 1. The Hall–Kier alpha value is -1.10. The molecule has 0 aromatic carbocycles. The predicted octanol–water partition coefficient (Wildman–Crippen LogP) is -1.50. The maximum atomic E-state index is 10.8. The summed E-state index contributed by atoms with van der Waals surface area (Å²) in [6.07, 6.45) is 0. The number of rotatable bonds is 1. The highest BCUT2D eigenvalue weighted by atomic mass is 16.4. The SMILES string of the molecule is CN1CC(=O)N[C@@H](C(=O)O)C1. The van der Waals surface area contributed by atoms with E-state index in [2.05, 4.69) is 5.32 Å². The summed E-state index contributed by atoms with van der Waals surface area (Å²) in [4.78, 5) is 22.9. The molecular formula is C6H10N2O3. The van der Waals surface area contributed by atoms with Gasteiger partial charge in [-0.3, -0.25) is 9.69 Å². The third kappa shape index (κ3) is 1.91. The zero-order valence-corrected chi connectivity index (χ0v) is 6.20. The monoisotopic (exact) mass is 158 g/mol. The van der Waals surface area contributed by atoms with Gasteiger partial charge in [-0.2, -0.15) is 0 Å². The topological polar surface area (TPSA) is 69.6 Å². The summed E-state index contributed by atoms with van der Waals surface area (Å²) >= 11 is 0. The molecule has 1 atom stereocenters. The van der Waals surface area contributed by atoms with Gasteiger partial charge in [0.05, 0.1) is 6.54 Å². The maximum Gasteiger partial charge on any atom is 0.327 e. The molecule has 1 aliphatic rings. The Morgan fingerprint density at radius 3 is 2.91 bits per heavy atom. The minimum Gasteiger partial charge on any atom is -0.480 e. The Morgan fingerprint density at radius 1 is 1.82 bits per heavy atom. The Balaban J connectivity index is 2.56. The van der Waals surface area contributed by atoms with E-state index in [-0.39, 0.29) is 12.5 Å². The predicted molar refractivity (Wildman–Crippen MR) is 37.1 cm³/mol. The number of carboxylic acids is 1. The van der Waals surface area contributed by atoms with Crippen LogP contribution in [0.5, 0.6) is 0 Å². The van der Waals surface area contributed by atoms with Crippen molar-refractivity contribution in [2.24, 2.45) is 0 Å². The van der Waals surface area contributed by atoms with Gasteiger partial charge in [-0.15, -0.1) is 0 Å². The second kappa shape index (κ2) is 2.87. The van der Waals surface area contributed by atoms with Crippen LogP contribution in [0.3, 0.4) is 0 Å². The number of carboxylic acid groups (broad SMARTS) is 1. The minimum absolute atomic E-state index is 0.230. The lowest BCUT2D eigenvalue weighted by molar-refractivity contribution is -0.144. The van der Waals surface area contributed by atoms with Crippen molar-refractivity contribution in [1.29, 1.82) is 0 Å². The Bertz CT molecular complexity index is 192. The first-order chi connectivity index (χ1) is 5.09. The molecule has 5 heteroatoms. The molecule has 62 valence electrons. The lowest BCUT2D eigenvalue weighted by Crippen LogP contribution is -2.55. The highest BCUT2D eigenvalue weighted by Gasteiger charge is 2.26. The number of amides is 1. The number of nitrogens with zero attached hydrogens (tertiary/aromatic N) is 1. The first-order valence-electron chi connectivity index (χ1n) is 3.30. The third-order valence-electron chi connectivity index (χ3n) is 1.54. The molecular weight excluding hydrogens is 148 g/mol. The number of aliphatic carboxylic acids is 1. The summed E-state index contributed by atoms with van der Waals surface area (Å²) in [5.74, 6) is -1.21. The highest BCUT2D eigenvalue weighted by molar-refractivity contribution is 5.86. The van der Waals surface area contributed by atoms with Crippen LogP contribution in [0.25, 0.3) is 0 Å². The molecule has 0 aromatic heterocycles. The molecule has 1 amide bonds. The van der Waals surface area contributed by atoms with Gasteiger partial charge in [0.2, 0.25) is 5.91 Å². The van der Waals surface area contributed by atoms with Crippen molar-refractivity contribution in [3.63, 3.8) is 0 Å². The van der Waals surface area contributed by atoms with Gasteiger partial charge < -0.3 is 10.4 Å². The van der Waals surface area contributed by atoms with Gasteiger partial charge >= 0.3 is 5.97 Å². The van der Waals surface area contributed by atoms with E-state index in [0.717, 1.165) is 0 Å². The van der Waals surface area contributed by atoms with Crippen LogP contribution in [-0.4, -0.2) is 48.1 Å². The number of hydrogen-bond donors (Lipinski definition) is 2. The number of carbonyl (C=O) groups excluding carboxylic acids is 1. The summed E-state index contributed by atoms with van der Waals surface area (Å²) in [5.41, 5.74) is 0. The quantitative estimate of drug-likeness (QED) is 0.487. The van der Waals surface area contributed by atoms with Crippen LogP contribution >= 0.6 is 0 Å². The van der Waals surface area contributed by atoms with E-state index in [1.807, 2.05) is 0 Å². The molecule has 2 N–H and O–H groups in total. The van der Waals surface area contributed by atoms with Gasteiger partial charge in [0.1, 0.15) is 6.04 Å². The van der Waals surface area contributed by atoms with Crippen molar-refractivity contribution in [3.8, 4) is 0 Å². The Kier molecular flexibility index (Phi) is 2.09. The third-order valence-corrected chi connectivity index (χ3v) is 1.54. The first-order valence-corrected chi connectivity index (χ1v) is 3.30. The smallest absolute Gasteiger partial charge is 0.327 e. The van der Waals surface area contributed by atoms with E-state index in [0.29, 0.717) is 6.54 Å². The summed E-state index contributed by atoms with van der Waals surface area (Å²) in [6, 6.07) is -0.749. The number of nitrogens with one attached hydrogen (secondary N) is 1. The molecule has 1 heterocycles. The van der Waals surface area contributed by atoms with E-state index in [1.54, 1.807) is 11.9 Å². The van der Waals surface area contributed by atoms with E-state index < -0.39 is 12.0 Å². The van der Waals surface area contributed by atoms with Crippen LogP contribution < -0.4 is 5.32 Å². The van der Waals surface area contributed by atoms with Crippen LogP contribution in [0.15, 0.2) is 0 Å². The van der Waals surface area contributed by atoms with Crippen LogP contribution in [0.2, 0.25) is 0 Å². The van der Waals surface area contributed by atoms with Crippen molar-refractivity contribution < 1.29 is 14.7 Å². The fraction of sp³-hybridized carbons (Fsp3) is 0.667. The van der Waals surface area contributed by atoms with E-state index in [4.69, 9.17) is 5.11 Å². The molecule has 1 rings (SSSR count). The molecule has 0 saturated carbocycles. The fourth-order valence-electron chi connectivity index (χ4n) is 1.05. The Labute approximate surface area is 64.0 Å². The van der Waals surface area contributed by atoms with Crippen molar-refractivity contribution in [2.45, 2.75) is 6.04 Å². The molecule has 0 unspecified atom stereocenters. The summed E-state index contributed by atoms with van der Waals surface area (Å²) in [6.45, 7) is 0.658. The average Bonchev–Trinajstić information content (AvgIpc) is 1.85. The summed E-state index contributed by atoms with van der Waals surface area (Å²) < 4.78 is 0. The minimum atomic E-state index is -0.982. The fourth-order valence-corrected chi connectivity index (χ4v) is 1.05. The van der Waals surface area contributed by atoms with Crippen molar-refractivity contribution in [2.75, 3.05) is 20.1 Å². The van der Waals surface area contributed by atoms with E-state index in [9.17, 15) is 9.59 Å². The number of piperazine rings is 1. The normalized spacial score (nSPS) is 26.3. The number of carbonyl (C=O) groups is 2. The molecule has 0 bridgehead atoms. The van der Waals surface area contributed by atoms with Crippen LogP contribution in [0.1, 0.15) is 0 Å². The zero-order valence-electron chi connectivity index (χ0n) is 6.20. The van der Waals surface area contributed by atoms with Crippen molar-refractivity contribution >= 4 is 11.9 Å². The maximum absolute atomic E-state index is 10.8. The Morgan fingerprint density at radius 2 is 2.45 bits per heavy atom. The van der Waals surface area contributed by atoms with Crippen molar-refractivity contribution in [1.82, 2.24) is 10.2 Å². The number of hydrogen-bond acceptors (Lipinski definition) is 3. The molecule has 11 heavy (non-hydrogen) atoms. The summed E-state index contributed by atoms with van der Waals surface area (Å²) in [5, 5.41) is 10.9. The van der Waals surface area contributed by atoms with Gasteiger partial charge in [0.25, 0.3) is 0 Å². The molecule has 0 aromatic rings. The molecule has 0 aliphatic carbocycles. The highest BCUT2D eigenvalue weighted by Crippen LogP contribution is 1.96. The standard InChI is InChI=1S/C6H10N2O3/c1-8-2-4(6(10)11)7-5(9)3-8/h4H,2-3H2,1H3,(H,7,9)(H,10,11)/t4-/m1/s1. The lowest BCUT2D eigenvalue weighted by atomic mass is 10.2. The van der Waals surface area contributed by atoms with Gasteiger partial charge in [-0.1, -0.05) is 0 Å². The summed E-state index contributed by atoms with van der Waals surface area (Å²) in [7, 11) is 1.72. The average molecular weight is 158 g/mol. The molecule has 1 aliphatic heterocycles. The van der Waals surface area contributed by atoms with Gasteiger partial charge in [-0.25, -0.2) is 4.79 Å². The van der Waals surface area contributed by atoms with Gasteiger partial charge in [0, 0.05) is 6.54 Å². The zero-order chi connectivity index (χ0) is 8.43. The van der Waals surface area contributed by atoms with Gasteiger partial charge in [0.15, 0.2) is 0 Å². The largest absolute Gasteiger partial charge is 0.480 e. The molecule has 1 fully saturated rings. The van der Waals surface area contributed by atoms with E-state index >= 15 is 0 Å². The second-order valence-electron chi connectivity index (χ2n) is 2.66. The van der Waals surface area contributed by atoms with Gasteiger partial charge in [-0.05, 0) is 7.05 Å². The van der Waals surface area contributed by atoms with Crippen molar-refractivity contribution in [3.05, 3.63) is 0 Å². The van der Waals surface area contributed by atoms with Crippen LogP contribution in [0.4, 0.5) is 0 Å². The first kappa shape index (κ1) is 8.00.